The molecule has 0 radical (unpaired) electrons. The second-order valence-electron chi connectivity index (χ2n) is 10.9. The van der Waals surface area contributed by atoms with E-state index in [0.717, 1.165) is 58.0 Å². The van der Waals surface area contributed by atoms with Gasteiger partial charge in [0.05, 0.1) is 5.71 Å². The third-order valence-corrected chi connectivity index (χ3v) is 9.47. The van der Waals surface area contributed by atoms with E-state index in [1.807, 2.05) is 6.92 Å². The summed E-state index contributed by atoms with van der Waals surface area (Å²) >= 11 is 0. The predicted octanol–water partition coefficient (Wildman–Crippen LogP) is 4.45. The van der Waals surface area contributed by atoms with Crippen molar-refractivity contribution in [2.24, 2.45) is 39.7 Å². The smallest absolute Gasteiger partial charge is 0.142 e. The second kappa shape index (κ2) is 6.90. The summed E-state index contributed by atoms with van der Waals surface area (Å²) in [4.78, 5) is 18.4. The molecule has 0 bridgehead atoms. The average molecular weight is 403 g/mol. The number of oxime groups is 1. The Morgan fingerprint density at radius 2 is 2.03 bits per heavy atom. The lowest BCUT2D eigenvalue weighted by atomic mass is 9.44. The minimum atomic E-state index is -0.970. The third-order valence-electron chi connectivity index (χ3n) is 9.47. The van der Waals surface area contributed by atoms with Gasteiger partial charge in [-0.3, -0.25) is 4.79 Å². The fraction of sp³-hybridized carbons (Fsp3) is 0.833. The van der Waals surface area contributed by atoms with Crippen LogP contribution in [0.1, 0.15) is 65.2 Å². The number of fused-ring (bicyclic) bond motifs is 5. The summed E-state index contributed by atoms with van der Waals surface area (Å²) in [5.74, 6) is 1.20. The van der Waals surface area contributed by atoms with Crippen molar-refractivity contribution in [3.8, 4) is 0 Å². The highest BCUT2D eigenvalue weighted by Crippen LogP contribution is 2.66. The van der Waals surface area contributed by atoms with Gasteiger partial charge in [-0.2, -0.15) is 0 Å². The van der Waals surface area contributed by atoms with Gasteiger partial charge in [0.25, 0.3) is 0 Å². The molecule has 5 fully saturated rings. The second-order valence-corrected chi connectivity index (χ2v) is 10.9. The lowest BCUT2D eigenvalue weighted by molar-refractivity contribution is -0.135. The summed E-state index contributed by atoms with van der Waals surface area (Å²) in [7, 11) is 0. The van der Waals surface area contributed by atoms with Gasteiger partial charge in [-0.25, -0.2) is 4.39 Å². The van der Waals surface area contributed by atoms with E-state index in [1.54, 1.807) is 0 Å². The highest BCUT2D eigenvalue weighted by Gasteiger charge is 2.63. The molecule has 1 aliphatic heterocycles. The molecule has 1 N–H and O–H groups in total. The molecule has 8 atom stereocenters. The maximum atomic E-state index is 15.0. The highest BCUT2D eigenvalue weighted by molar-refractivity contribution is 5.88. The molecular formula is C24H35FN2O2. The fourth-order valence-corrected chi connectivity index (χ4v) is 7.79. The number of allylic oxidation sites excluding steroid dienone is 1. The highest BCUT2D eigenvalue weighted by atomic mass is 19.1. The Morgan fingerprint density at radius 1 is 1.21 bits per heavy atom. The van der Waals surface area contributed by atoms with E-state index < -0.39 is 11.6 Å². The van der Waals surface area contributed by atoms with E-state index >= 15 is 4.39 Å². The molecule has 29 heavy (non-hydrogen) atoms. The molecule has 0 aromatic heterocycles. The summed E-state index contributed by atoms with van der Waals surface area (Å²) in [6, 6.07) is 0. The van der Waals surface area contributed by atoms with E-state index in [9.17, 15) is 4.79 Å². The molecule has 4 aliphatic carbocycles. The number of nitrogens with zero attached hydrogens (tertiary/aromatic N) is 1. The first-order valence-corrected chi connectivity index (χ1v) is 11.6. The minimum Gasteiger partial charge on any atom is -0.391 e. The third kappa shape index (κ3) is 2.94. The standard InChI is InChI=1S/C24H35FN2O2/c1-14-10-17-18(5-8-24(3)21(28)12-20(25)22(17)24)23(2)7-4-15(11-19(14)23)27-29-16-6-9-26-13-16/h16-20,22,26H,1,4-13H2,2-3H3/t16?,17?,18?,19-,20?,22?,23?,24-/m1/s1. The molecule has 160 valence electrons. The maximum Gasteiger partial charge on any atom is 0.142 e. The fourth-order valence-electron chi connectivity index (χ4n) is 7.79. The van der Waals surface area contributed by atoms with Gasteiger partial charge in [-0.15, -0.1) is 0 Å². The molecule has 5 rings (SSSR count). The van der Waals surface area contributed by atoms with Crippen LogP contribution in [0.2, 0.25) is 0 Å². The molecular weight excluding hydrogens is 367 g/mol. The number of carbonyl (C=O) groups is 1. The van der Waals surface area contributed by atoms with Crippen LogP contribution in [0.5, 0.6) is 0 Å². The van der Waals surface area contributed by atoms with Crippen molar-refractivity contribution in [2.45, 2.75) is 77.5 Å². The van der Waals surface area contributed by atoms with Gasteiger partial charge in [-0.1, -0.05) is 31.2 Å². The van der Waals surface area contributed by atoms with Crippen LogP contribution in [-0.4, -0.2) is 36.9 Å². The first-order valence-electron chi connectivity index (χ1n) is 11.6. The number of nitrogens with one attached hydrogen (secondary N) is 1. The lowest BCUT2D eigenvalue weighted by Gasteiger charge is -2.60. The van der Waals surface area contributed by atoms with Gasteiger partial charge in [0, 0.05) is 30.7 Å². The summed E-state index contributed by atoms with van der Waals surface area (Å²) in [5.41, 5.74) is 2.10. The number of hydrogen-bond donors (Lipinski definition) is 1. The minimum absolute atomic E-state index is 0.114. The van der Waals surface area contributed by atoms with Crippen molar-refractivity contribution in [1.29, 1.82) is 0 Å². The quantitative estimate of drug-likeness (QED) is 0.548. The normalized spacial score (nSPS) is 50.9. The van der Waals surface area contributed by atoms with Gasteiger partial charge in [0.15, 0.2) is 0 Å². The summed E-state index contributed by atoms with van der Waals surface area (Å²) < 4.78 is 15.0. The van der Waals surface area contributed by atoms with Gasteiger partial charge >= 0.3 is 0 Å². The molecule has 0 aromatic carbocycles. The van der Waals surface area contributed by atoms with Crippen LogP contribution in [-0.2, 0) is 9.63 Å². The van der Waals surface area contributed by atoms with Crippen molar-refractivity contribution in [2.75, 3.05) is 13.1 Å². The zero-order chi connectivity index (χ0) is 20.4. The molecule has 1 heterocycles. The van der Waals surface area contributed by atoms with E-state index in [4.69, 9.17) is 4.84 Å². The first kappa shape index (κ1) is 19.7. The Kier molecular flexibility index (Phi) is 4.69. The first-order chi connectivity index (χ1) is 13.8. The molecule has 5 aliphatic rings. The predicted molar refractivity (Wildman–Crippen MR) is 111 cm³/mol. The van der Waals surface area contributed by atoms with Crippen molar-refractivity contribution < 1.29 is 14.0 Å². The molecule has 0 amide bonds. The van der Waals surface area contributed by atoms with Crippen molar-refractivity contribution in [3.63, 3.8) is 0 Å². The zero-order valence-corrected chi connectivity index (χ0v) is 17.9. The van der Waals surface area contributed by atoms with Crippen molar-refractivity contribution in [3.05, 3.63) is 12.2 Å². The Balaban J connectivity index is 1.37. The van der Waals surface area contributed by atoms with Gasteiger partial charge in [0.2, 0.25) is 0 Å². The molecule has 4 nitrogen and oxygen atoms in total. The molecule has 1 saturated heterocycles. The van der Waals surface area contributed by atoms with E-state index in [-0.39, 0.29) is 35.6 Å². The van der Waals surface area contributed by atoms with Crippen LogP contribution >= 0.6 is 0 Å². The molecule has 6 unspecified atom stereocenters. The molecule has 0 spiro atoms. The van der Waals surface area contributed by atoms with Crippen molar-refractivity contribution >= 4 is 11.5 Å². The topological polar surface area (TPSA) is 50.7 Å². The maximum absolute atomic E-state index is 15.0. The number of alkyl halides is 1. The number of carbonyl (C=O) groups excluding carboxylic acids is 1. The van der Waals surface area contributed by atoms with E-state index in [2.05, 4.69) is 24.0 Å². The van der Waals surface area contributed by atoms with Crippen molar-refractivity contribution in [1.82, 2.24) is 5.32 Å². The Labute approximate surface area is 173 Å². The van der Waals surface area contributed by atoms with Gasteiger partial charge in [-0.05, 0) is 68.2 Å². The monoisotopic (exact) mass is 402 g/mol. The average Bonchev–Trinajstić information content (AvgIpc) is 3.27. The van der Waals surface area contributed by atoms with Crippen LogP contribution in [0.4, 0.5) is 4.39 Å². The summed E-state index contributed by atoms with van der Waals surface area (Å²) in [6.45, 7) is 10.8. The largest absolute Gasteiger partial charge is 0.391 e. The lowest BCUT2D eigenvalue weighted by Crippen LogP contribution is -2.55. The Morgan fingerprint density at radius 3 is 2.79 bits per heavy atom. The van der Waals surface area contributed by atoms with E-state index in [0.29, 0.717) is 11.8 Å². The summed E-state index contributed by atoms with van der Waals surface area (Å²) in [6.07, 6.45) is 6.12. The Hall–Kier alpha value is -1.23. The number of hydrogen-bond acceptors (Lipinski definition) is 4. The molecule has 4 saturated carbocycles. The SMILES string of the molecule is C=C1CC2C(CC[C@]3(C)C(=O)CC(F)C23)C2(C)CCC(=NOC3CCNC3)C[C@H]12. The zero-order valence-electron chi connectivity index (χ0n) is 17.9. The van der Waals surface area contributed by atoms with Crippen LogP contribution in [0.15, 0.2) is 17.3 Å². The van der Waals surface area contributed by atoms with Crippen LogP contribution in [0, 0.1) is 34.5 Å². The van der Waals surface area contributed by atoms with Crippen LogP contribution < -0.4 is 5.32 Å². The van der Waals surface area contributed by atoms with Gasteiger partial charge in [0.1, 0.15) is 18.1 Å². The van der Waals surface area contributed by atoms with Gasteiger partial charge < -0.3 is 10.2 Å². The number of Topliss-reactive ketones (excluding diaryl/α,β-unsaturated/α-hetero) is 1. The summed E-state index contributed by atoms with van der Waals surface area (Å²) in [5, 5.41) is 7.86. The molecule has 0 aromatic rings. The molecule has 5 heteroatoms. The Bertz CT molecular complexity index is 745. The number of ketones is 1. The van der Waals surface area contributed by atoms with Crippen LogP contribution in [0.25, 0.3) is 0 Å². The van der Waals surface area contributed by atoms with Crippen LogP contribution in [0.3, 0.4) is 0 Å². The number of halogens is 1. The number of rotatable bonds is 2. The van der Waals surface area contributed by atoms with E-state index in [1.165, 1.54) is 11.3 Å².